The van der Waals surface area contributed by atoms with Crippen LogP contribution in [0.2, 0.25) is 0 Å². The van der Waals surface area contributed by atoms with E-state index in [1.54, 1.807) is 0 Å². The minimum absolute atomic E-state index is 0.0149. The number of para-hydroxylation sites is 1. The second-order valence-corrected chi connectivity index (χ2v) is 13.0. The maximum absolute atomic E-state index is 15.0. The van der Waals surface area contributed by atoms with E-state index in [4.69, 9.17) is 9.47 Å². The molecule has 0 radical (unpaired) electrons. The lowest BCUT2D eigenvalue weighted by Gasteiger charge is -2.54. The van der Waals surface area contributed by atoms with Crippen molar-refractivity contribution in [3.05, 3.63) is 42.5 Å². The van der Waals surface area contributed by atoms with Crippen molar-refractivity contribution < 1.29 is 24.2 Å². The fraction of sp³-hybridized carbons (Fsp3) is 0.667. The number of ether oxygens (including phenoxy) is 2. The largest absolute Gasteiger partial charge is 0.462 e. The third kappa shape index (κ3) is 2.38. The summed E-state index contributed by atoms with van der Waals surface area (Å²) in [6, 6.07) is 8.48. The molecule has 7 aliphatic rings. The molecular weight excluding hydrogens is 468 g/mol. The highest BCUT2D eigenvalue weighted by molar-refractivity contribution is 6.10. The molecule has 1 spiro atoms. The number of benzene rings is 1. The first kappa shape index (κ1) is 22.7. The van der Waals surface area contributed by atoms with Gasteiger partial charge in [0.2, 0.25) is 5.91 Å². The first-order chi connectivity index (χ1) is 17.9. The fourth-order valence-corrected chi connectivity index (χ4v) is 10.9. The maximum atomic E-state index is 15.0. The number of esters is 1. The van der Waals surface area contributed by atoms with Crippen molar-refractivity contribution in [2.24, 2.45) is 46.8 Å². The number of amides is 1. The van der Waals surface area contributed by atoms with Gasteiger partial charge >= 0.3 is 5.97 Å². The number of carbonyl (C=O) groups excluding carboxylic acids is 2. The number of fused-ring (bicyclic) bond motifs is 6. The van der Waals surface area contributed by atoms with E-state index >= 15 is 0 Å². The summed E-state index contributed by atoms with van der Waals surface area (Å²) in [4.78, 5) is 32.5. The van der Waals surface area contributed by atoms with Crippen LogP contribution in [0.15, 0.2) is 36.9 Å². The van der Waals surface area contributed by atoms with Crippen molar-refractivity contribution in [2.75, 3.05) is 38.3 Å². The van der Waals surface area contributed by atoms with Gasteiger partial charge in [-0.1, -0.05) is 31.2 Å². The summed E-state index contributed by atoms with van der Waals surface area (Å²) >= 11 is 0. The molecule has 37 heavy (non-hydrogen) atoms. The van der Waals surface area contributed by atoms with Gasteiger partial charge in [0.05, 0.1) is 18.6 Å². The quantitative estimate of drug-likeness (QED) is 0.501. The average Bonchev–Trinajstić information content (AvgIpc) is 3.57. The Labute approximate surface area is 217 Å². The van der Waals surface area contributed by atoms with Gasteiger partial charge in [-0.2, -0.15) is 0 Å². The Morgan fingerprint density at radius 1 is 1.24 bits per heavy atom. The zero-order valence-electron chi connectivity index (χ0n) is 21.6. The van der Waals surface area contributed by atoms with Crippen molar-refractivity contribution in [3.8, 4) is 0 Å². The Morgan fingerprint density at radius 3 is 2.84 bits per heavy atom. The van der Waals surface area contributed by atoms with Gasteiger partial charge in [0.1, 0.15) is 11.5 Å². The minimum atomic E-state index is -0.775. The Morgan fingerprint density at radius 2 is 2.05 bits per heavy atom. The van der Waals surface area contributed by atoms with Gasteiger partial charge in [-0.05, 0) is 49.3 Å². The van der Waals surface area contributed by atoms with Crippen LogP contribution in [-0.4, -0.2) is 73.5 Å². The molecule has 7 heteroatoms. The number of nitrogens with zero attached hydrogens (tertiary/aromatic N) is 2. The van der Waals surface area contributed by atoms with Crippen LogP contribution in [0.3, 0.4) is 0 Å². The van der Waals surface area contributed by atoms with E-state index in [1.165, 1.54) is 0 Å². The highest BCUT2D eigenvalue weighted by Crippen LogP contribution is 2.74. The number of piperidine rings is 1. The van der Waals surface area contributed by atoms with E-state index in [0.717, 1.165) is 30.6 Å². The van der Waals surface area contributed by atoms with Crippen LogP contribution in [-0.2, 0) is 24.5 Å². The summed E-state index contributed by atoms with van der Waals surface area (Å²) in [6.45, 7) is 8.45. The molecule has 5 bridgehead atoms. The molecule has 8 rings (SSSR count). The summed E-state index contributed by atoms with van der Waals surface area (Å²) in [6.07, 6.45) is 3.51. The van der Waals surface area contributed by atoms with Crippen LogP contribution < -0.4 is 4.90 Å². The smallest absolute Gasteiger partial charge is 0.311 e. The Kier molecular flexibility index (Phi) is 4.45. The van der Waals surface area contributed by atoms with Gasteiger partial charge in [0.15, 0.2) is 0 Å². The van der Waals surface area contributed by atoms with Gasteiger partial charge in [0, 0.05) is 54.6 Å². The number of aliphatic hydroxyl groups is 1. The summed E-state index contributed by atoms with van der Waals surface area (Å²) in [5.41, 5.74) is 1.09. The lowest BCUT2D eigenvalue weighted by Crippen LogP contribution is -2.63. The van der Waals surface area contributed by atoms with Gasteiger partial charge in [-0.3, -0.25) is 9.59 Å². The maximum Gasteiger partial charge on any atom is 0.311 e. The molecule has 0 aromatic heterocycles. The first-order valence-corrected chi connectivity index (χ1v) is 14.1. The van der Waals surface area contributed by atoms with Crippen LogP contribution in [0.4, 0.5) is 5.69 Å². The van der Waals surface area contributed by atoms with E-state index in [-0.39, 0.29) is 59.9 Å². The van der Waals surface area contributed by atoms with Crippen molar-refractivity contribution in [2.45, 2.75) is 43.4 Å². The predicted molar refractivity (Wildman–Crippen MR) is 136 cm³/mol. The normalized spacial score (nSPS) is 50.7. The monoisotopic (exact) mass is 504 g/mol. The zero-order chi connectivity index (χ0) is 25.4. The molecule has 1 amide bonds. The van der Waals surface area contributed by atoms with Crippen LogP contribution >= 0.6 is 0 Å². The van der Waals surface area contributed by atoms with E-state index in [1.807, 2.05) is 23.1 Å². The van der Waals surface area contributed by atoms with Crippen molar-refractivity contribution in [1.29, 1.82) is 0 Å². The van der Waals surface area contributed by atoms with Crippen molar-refractivity contribution in [3.63, 3.8) is 0 Å². The minimum Gasteiger partial charge on any atom is -0.462 e. The molecule has 1 aromatic rings. The van der Waals surface area contributed by atoms with E-state index in [0.29, 0.717) is 30.9 Å². The third-order valence-corrected chi connectivity index (χ3v) is 12.1. The Bertz CT molecular complexity index is 1220. The molecule has 1 N–H and O–H groups in total. The number of likely N-dealkylation sites (tertiary alicyclic amines) is 1. The number of rotatable bonds is 4. The van der Waals surface area contributed by atoms with Gasteiger partial charge in [-0.15, -0.1) is 6.58 Å². The number of anilines is 1. The SMILES string of the molecule is C=C[C@]12CN(C)[C@@H]3[C@H]4CO[C@H](C[C@H]41)[C@]1(C(=O)N(C[C@@H]4C(=O)O[C@H]5C[C@H](C)[C@@H](CO)[C@H]54)c4ccccc41)[C@H]32. The van der Waals surface area contributed by atoms with Gasteiger partial charge < -0.3 is 24.4 Å². The average molecular weight is 505 g/mol. The predicted octanol–water partition coefficient (Wildman–Crippen LogP) is 2.23. The molecule has 12 atom stereocenters. The molecule has 1 aromatic carbocycles. The third-order valence-electron chi connectivity index (χ3n) is 12.1. The van der Waals surface area contributed by atoms with Crippen molar-refractivity contribution >= 4 is 17.6 Å². The molecule has 6 fully saturated rings. The molecule has 7 nitrogen and oxygen atoms in total. The van der Waals surface area contributed by atoms with Crippen molar-refractivity contribution in [1.82, 2.24) is 4.90 Å². The summed E-state index contributed by atoms with van der Waals surface area (Å²) < 4.78 is 12.4. The number of hydrogen-bond donors (Lipinski definition) is 1. The van der Waals surface area contributed by atoms with Gasteiger partial charge in [0.25, 0.3) is 0 Å². The molecule has 4 aliphatic heterocycles. The molecular formula is C30H36N2O5. The van der Waals surface area contributed by atoms with Gasteiger partial charge in [-0.25, -0.2) is 0 Å². The highest BCUT2D eigenvalue weighted by atomic mass is 16.6. The molecule has 4 heterocycles. The van der Waals surface area contributed by atoms with E-state index in [9.17, 15) is 14.7 Å². The second-order valence-electron chi connectivity index (χ2n) is 13.0. The lowest BCUT2D eigenvalue weighted by molar-refractivity contribution is -0.155. The Balaban J connectivity index is 1.25. The fourth-order valence-electron chi connectivity index (χ4n) is 10.9. The second kappa shape index (κ2) is 7.25. The van der Waals surface area contributed by atoms with E-state index < -0.39 is 11.3 Å². The van der Waals surface area contributed by atoms with E-state index in [2.05, 4.69) is 37.6 Å². The molecule has 196 valence electrons. The molecule has 3 aliphatic carbocycles. The summed E-state index contributed by atoms with van der Waals surface area (Å²) in [7, 11) is 2.19. The first-order valence-electron chi connectivity index (χ1n) is 14.1. The number of carbonyl (C=O) groups is 2. The summed E-state index contributed by atoms with van der Waals surface area (Å²) in [5, 5.41) is 10.2. The number of aliphatic hydroxyl groups excluding tert-OH is 1. The molecule has 3 saturated heterocycles. The van der Waals surface area contributed by atoms with Crippen LogP contribution in [0.1, 0.15) is 25.3 Å². The summed E-state index contributed by atoms with van der Waals surface area (Å²) in [5.74, 6) is 0.713. The highest BCUT2D eigenvalue weighted by Gasteiger charge is 2.80. The van der Waals surface area contributed by atoms with Crippen LogP contribution in [0, 0.1) is 46.8 Å². The van der Waals surface area contributed by atoms with Crippen LogP contribution in [0.5, 0.6) is 0 Å². The topological polar surface area (TPSA) is 79.3 Å². The molecule has 0 unspecified atom stereocenters. The number of hydrogen-bond acceptors (Lipinski definition) is 6. The van der Waals surface area contributed by atoms with Crippen LogP contribution in [0.25, 0.3) is 0 Å². The lowest BCUT2D eigenvalue weighted by atomic mass is 9.51. The standard InChI is InChI=1S/C30H36N2O5/c1-4-29-14-31(3)25-18-13-36-23(10-20(18)29)30(26(25)29)19-7-5-6-8-21(19)32(28(30)35)11-16-24-17(12-33)15(2)9-22(24)37-27(16)34/h4-8,15-18,20,22-26,33H,1,9-14H2,2-3H3/t15-,16-,17+,18-,20+,22-,23+,24+,25+,26+,29-,30-/m0/s1. The Hall–Kier alpha value is -2.22. The zero-order valence-corrected chi connectivity index (χ0v) is 21.6. The molecule has 3 saturated carbocycles.